The van der Waals surface area contributed by atoms with Crippen LogP contribution in [0.25, 0.3) is 0 Å². The Hall–Kier alpha value is -1.55. The first-order chi connectivity index (χ1) is 14.7. The first-order valence-corrected chi connectivity index (χ1v) is 11.5. The maximum Gasteiger partial charge on any atom is 0.490 e. The summed E-state index contributed by atoms with van der Waals surface area (Å²) < 4.78 is 31.7. The summed E-state index contributed by atoms with van der Waals surface area (Å²) in [5, 5.41) is 10.6. The number of aliphatic carboxylic acids is 1. The van der Waals surface area contributed by atoms with E-state index in [0.29, 0.717) is 0 Å². The minimum atomic E-state index is -5.08. The number of rotatable bonds is 19. The molecule has 0 rings (SSSR count). The molecule has 7 nitrogen and oxygen atoms in total. The fourth-order valence-corrected chi connectivity index (χ4v) is 2.83. The summed E-state index contributed by atoms with van der Waals surface area (Å²) in [6, 6.07) is -0.528. The molecule has 0 aromatic heterocycles. The normalized spacial score (nSPS) is 11.0. The molecule has 2 amide bonds. The molecular weight excluding hydrogens is 413 g/mol. The lowest BCUT2D eigenvalue weighted by Crippen LogP contribution is -2.41. The van der Waals surface area contributed by atoms with Gasteiger partial charge in [-0.1, -0.05) is 77.6 Å². The van der Waals surface area contributed by atoms with Gasteiger partial charge in [-0.2, -0.15) is 13.2 Å². The van der Waals surface area contributed by atoms with Gasteiger partial charge in [0.25, 0.3) is 0 Å². The van der Waals surface area contributed by atoms with Gasteiger partial charge in [-0.05, 0) is 32.4 Å². The van der Waals surface area contributed by atoms with Crippen molar-refractivity contribution in [3.63, 3.8) is 0 Å². The summed E-state index contributed by atoms with van der Waals surface area (Å²) in [6.07, 6.45) is 13.9. The highest BCUT2D eigenvalue weighted by Crippen LogP contribution is 2.13. The van der Waals surface area contributed by atoms with E-state index in [-0.39, 0.29) is 0 Å². The topological polar surface area (TPSA) is 116 Å². The third kappa shape index (κ3) is 30.7. The second-order valence-electron chi connectivity index (χ2n) is 7.57. The highest BCUT2D eigenvalue weighted by molar-refractivity contribution is 5.73. The van der Waals surface area contributed by atoms with E-state index in [4.69, 9.17) is 15.6 Å². The first-order valence-electron chi connectivity index (χ1n) is 11.5. The van der Waals surface area contributed by atoms with Crippen molar-refractivity contribution < 1.29 is 27.9 Å². The van der Waals surface area contributed by atoms with Crippen molar-refractivity contribution in [3.05, 3.63) is 0 Å². The molecule has 0 aliphatic carbocycles. The van der Waals surface area contributed by atoms with E-state index in [9.17, 15) is 18.0 Å². The van der Waals surface area contributed by atoms with Crippen molar-refractivity contribution in [3.8, 4) is 0 Å². The van der Waals surface area contributed by atoms with Crippen molar-refractivity contribution in [1.82, 2.24) is 16.2 Å². The minimum Gasteiger partial charge on any atom is -0.475 e. The van der Waals surface area contributed by atoms with Gasteiger partial charge >= 0.3 is 18.2 Å². The van der Waals surface area contributed by atoms with Crippen molar-refractivity contribution in [2.75, 3.05) is 19.6 Å². The number of carbonyl (C=O) groups is 2. The third-order valence-electron chi connectivity index (χ3n) is 4.57. The smallest absolute Gasteiger partial charge is 0.475 e. The van der Waals surface area contributed by atoms with E-state index in [1.165, 1.54) is 77.0 Å². The lowest BCUT2D eigenvalue weighted by atomic mass is 10.1. The molecule has 0 aliphatic rings. The first kappa shape index (κ1) is 31.6. The molecule has 10 heteroatoms. The summed E-state index contributed by atoms with van der Waals surface area (Å²) in [6.45, 7) is 5.23. The van der Waals surface area contributed by atoms with Gasteiger partial charge in [0.15, 0.2) is 0 Å². The molecule has 0 heterocycles. The lowest BCUT2D eigenvalue weighted by molar-refractivity contribution is -0.192. The number of nitrogens with two attached hydrogens (primary N) is 1. The molecule has 0 unspecified atom stereocenters. The molecule has 0 bridgehead atoms. The molecule has 0 fully saturated rings. The molecule has 0 radical (unpaired) electrons. The number of hydrogen-bond donors (Lipinski definition) is 5. The number of carboxylic acid groups (broad SMARTS) is 1. The Morgan fingerprint density at radius 1 is 0.742 bits per heavy atom. The van der Waals surface area contributed by atoms with Crippen LogP contribution in [0.3, 0.4) is 0 Å². The van der Waals surface area contributed by atoms with E-state index in [1.807, 2.05) is 0 Å². The lowest BCUT2D eigenvalue weighted by Gasteiger charge is -2.06. The van der Waals surface area contributed by atoms with Crippen LogP contribution in [-0.4, -0.2) is 42.9 Å². The Balaban J connectivity index is 0. The van der Waals surface area contributed by atoms with Gasteiger partial charge in [0, 0.05) is 6.54 Å². The van der Waals surface area contributed by atoms with Crippen LogP contribution >= 0.6 is 0 Å². The number of amides is 2. The average molecular weight is 457 g/mol. The van der Waals surface area contributed by atoms with Gasteiger partial charge in [-0.3, -0.25) is 5.43 Å². The van der Waals surface area contributed by atoms with Crippen molar-refractivity contribution in [2.24, 2.45) is 5.73 Å². The highest BCUT2D eigenvalue weighted by Gasteiger charge is 2.38. The Bertz CT molecular complexity index is 425. The number of carbonyl (C=O) groups excluding carboxylic acids is 1. The second-order valence-corrected chi connectivity index (χ2v) is 7.57. The monoisotopic (exact) mass is 456 g/mol. The summed E-state index contributed by atoms with van der Waals surface area (Å²) >= 11 is 0. The Morgan fingerprint density at radius 3 is 1.48 bits per heavy atom. The Kier molecular flexibility index (Phi) is 23.6. The maximum absolute atomic E-state index is 10.6. The van der Waals surface area contributed by atoms with E-state index < -0.39 is 18.2 Å². The van der Waals surface area contributed by atoms with Crippen LogP contribution in [0.2, 0.25) is 0 Å². The van der Waals surface area contributed by atoms with Crippen molar-refractivity contribution in [1.29, 1.82) is 0 Å². The predicted molar refractivity (Wildman–Crippen MR) is 118 cm³/mol. The van der Waals surface area contributed by atoms with Gasteiger partial charge < -0.3 is 16.2 Å². The molecule has 0 saturated carbocycles. The summed E-state index contributed by atoms with van der Waals surface area (Å²) in [7, 11) is 0. The van der Waals surface area contributed by atoms with Gasteiger partial charge in [0.1, 0.15) is 0 Å². The van der Waals surface area contributed by atoms with Crippen LogP contribution < -0.4 is 21.9 Å². The number of primary amides is 1. The number of halogens is 3. The number of alkyl halides is 3. The number of hydrogen-bond acceptors (Lipinski definition) is 4. The number of carboxylic acids is 1. The van der Waals surface area contributed by atoms with Crippen LogP contribution in [0.5, 0.6) is 0 Å². The van der Waals surface area contributed by atoms with Crippen LogP contribution in [0.4, 0.5) is 18.0 Å². The van der Waals surface area contributed by atoms with Gasteiger partial charge in [-0.15, -0.1) is 0 Å². The van der Waals surface area contributed by atoms with E-state index >= 15 is 0 Å². The van der Waals surface area contributed by atoms with Crippen molar-refractivity contribution in [2.45, 2.75) is 103 Å². The SMILES string of the molecule is CCCCCCCCCCCCCCNCCCCNNC(N)=O.O=C(O)C(F)(F)F. The van der Waals surface area contributed by atoms with Gasteiger partial charge in [0.05, 0.1) is 0 Å². The molecular formula is C21H43F3N4O3. The van der Waals surface area contributed by atoms with Crippen LogP contribution in [0.15, 0.2) is 0 Å². The van der Waals surface area contributed by atoms with E-state index in [0.717, 1.165) is 32.5 Å². The quantitative estimate of drug-likeness (QED) is 0.141. The number of nitrogens with one attached hydrogen (secondary N) is 3. The summed E-state index contributed by atoms with van der Waals surface area (Å²) in [5.74, 6) is -2.76. The predicted octanol–water partition coefficient (Wildman–Crippen LogP) is 4.86. The number of unbranched alkanes of at least 4 members (excludes halogenated alkanes) is 12. The number of hydrazine groups is 1. The second kappa shape index (κ2) is 23.1. The van der Waals surface area contributed by atoms with Gasteiger partial charge in [-0.25, -0.2) is 15.0 Å². The average Bonchev–Trinajstić information content (AvgIpc) is 2.69. The fraction of sp³-hybridized carbons (Fsp3) is 0.905. The zero-order chi connectivity index (χ0) is 23.8. The molecule has 0 aromatic carbocycles. The Morgan fingerprint density at radius 2 is 1.10 bits per heavy atom. The maximum atomic E-state index is 10.6. The Labute approximate surface area is 185 Å². The van der Waals surface area contributed by atoms with Crippen molar-refractivity contribution >= 4 is 12.0 Å². The van der Waals surface area contributed by atoms with E-state index in [1.54, 1.807) is 0 Å². The largest absolute Gasteiger partial charge is 0.490 e. The molecule has 186 valence electrons. The zero-order valence-corrected chi connectivity index (χ0v) is 19.0. The molecule has 0 saturated heterocycles. The highest BCUT2D eigenvalue weighted by atomic mass is 19.4. The minimum absolute atomic E-state index is 0.528. The standard InChI is InChI=1S/C19H42N4O.C2HF3O2/c1-2-3-4-5-6-7-8-9-10-11-12-13-16-21-17-14-15-18-22-23-19(20)24;3-2(4,5)1(6)7/h21-22H,2-18H2,1H3,(H3,20,23,24);(H,6,7). The van der Waals surface area contributed by atoms with E-state index in [2.05, 4.69) is 23.1 Å². The van der Waals surface area contributed by atoms with Crippen LogP contribution in [-0.2, 0) is 4.79 Å². The van der Waals surface area contributed by atoms with Crippen LogP contribution in [0.1, 0.15) is 96.8 Å². The molecule has 31 heavy (non-hydrogen) atoms. The molecule has 0 aliphatic heterocycles. The molecule has 0 aromatic rings. The molecule has 0 atom stereocenters. The summed E-state index contributed by atoms with van der Waals surface area (Å²) in [4.78, 5) is 19.3. The third-order valence-corrected chi connectivity index (χ3v) is 4.57. The zero-order valence-electron chi connectivity index (χ0n) is 19.0. The summed E-state index contributed by atoms with van der Waals surface area (Å²) in [5.41, 5.74) is 10.1. The van der Waals surface area contributed by atoms with Gasteiger partial charge in [0.2, 0.25) is 0 Å². The molecule has 0 spiro atoms. The van der Waals surface area contributed by atoms with Crippen LogP contribution in [0, 0.1) is 0 Å². The number of urea groups is 1. The fourth-order valence-electron chi connectivity index (χ4n) is 2.83. The molecule has 6 N–H and O–H groups in total.